The highest BCUT2D eigenvalue weighted by molar-refractivity contribution is 5.70. The Morgan fingerprint density at radius 3 is 2.67 bits per heavy atom. The van der Waals surface area contributed by atoms with Crippen molar-refractivity contribution in [3.05, 3.63) is 24.0 Å². The van der Waals surface area contributed by atoms with Crippen LogP contribution in [0, 0.1) is 0 Å². The predicted octanol–water partition coefficient (Wildman–Crippen LogP) is 1.80. The first-order valence-corrected chi connectivity index (χ1v) is 7.17. The summed E-state index contributed by atoms with van der Waals surface area (Å²) < 4.78 is 10.5. The molecule has 1 aromatic rings. The summed E-state index contributed by atoms with van der Waals surface area (Å²) in [4.78, 5) is 18.3. The lowest BCUT2D eigenvalue weighted by Gasteiger charge is -2.26. The summed E-state index contributed by atoms with van der Waals surface area (Å²) in [7, 11) is 0. The summed E-state index contributed by atoms with van der Waals surface area (Å²) >= 11 is 0. The lowest BCUT2D eigenvalue weighted by molar-refractivity contribution is 0.0336. The molecule has 0 saturated carbocycles. The fraction of sp³-hybridized carbons (Fsp3) is 0.600. The normalized spacial score (nSPS) is 16.5. The summed E-state index contributed by atoms with van der Waals surface area (Å²) in [5.41, 5.74) is 0.640. The van der Waals surface area contributed by atoms with Crippen molar-refractivity contribution in [3.63, 3.8) is 0 Å². The Bertz CT molecular complexity index is 462. The van der Waals surface area contributed by atoms with Gasteiger partial charge in [0.2, 0.25) is 0 Å². The number of ether oxygens (including phenoxy) is 2. The van der Waals surface area contributed by atoms with Crippen LogP contribution in [-0.4, -0.2) is 47.8 Å². The van der Waals surface area contributed by atoms with Crippen molar-refractivity contribution in [1.29, 1.82) is 0 Å². The second kappa shape index (κ2) is 6.87. The van der Waals surface area contributed by atoms with E-state index in [0.29, 0.717) is 5.75 Å². The summed E-state index contributed by atoms with van der Waals surface area (Å²) in [6.45, 7) is 9.88. The molecule has 2 rings (SSSR count). The highest BCUT2D eigenvalue weighted by Crippen LogP contribution is 2.12. The molecule has 1 aliphatic rings. The van der Waals surface area contributed by atoms with Gasteiger partial charge in [-0.3, -0.25) is 9.88 Å². The van der Waals surface area contributed by atoms with Crippen molar-refractivity contribution in [2.24, 2.45) is 0 Å². The molecule has 2 heterocycles. The third-order valence-electron chi connectivity index (χ3n) is 2.97. The lowest BCUT2D eigenvalue weighted by Crippen LogP contribution is -2.42. The van der Waals surface area contributed by atoms with Gasteiger partial charge in [0, 0.05) is 25.2 Å². The van der Waals surface area contributed by atoms with Crippen LogP contribution in [0.25, 0.3) is 0 Å². The van der Waals surface area contributed by atoms with Crippen molar-refractivity contribution >= 4 is 6.09 Å². The molecule has 116 valence electrons. The topological polar surface area (TPSA) is 63.7 Å². The van der Waals surface area contributed by atoms with E-state index in [-0.39, 0.29) is 5.54 Å². The highest BCUT2D eigenvalue weighted by atomic mass is 16.6. The predicted molar refractivity (Wildman–Crippen MR) is 79.2 cm³/mol. The summed E-state index contributed by atoms with van der Waals surface area (Å²) in [5.74, 6) is 0.447. The van der Waals surface area contributed by atoms with Crippen molar-refractivity contribution in [3.8, 4) is 5.75 Å². The van der Waals surface area contributed by atoms with Crippen molar-refractivity contribution in [2.75, 3.05) is 26.3 Å². The molecule has 1 N–H and O–H groups in total. The molecule has 0 radical (unpaired) electrons. The molecule has 1 aromatic heterocycles. The number of amides is 1. The van der Waals surface area contributed by atoms with Gasteiger partial charge in [0.15, 0.2) is 5.75 Å². The molecule has 1 fully saturated rings. The van der Waals surface area contributed by atoms with Gasteiger partial charge in [-0.2, -0.15) is 0 Å². The number of hydrogen-bond acceptors (Lipinski definition) is 5. The third kappa shape index (κ3) is 5.69. The van der Waals surface area contributed by atoms with Gasteiger partial charge in [0.1, 0.15) is 0 Å². The van der Waals surface area contributed by atoms with Crippen LogP contribution < -0.4 is 10.1 Å². The quantitative estimate of drug-likeness (QED) is 0.920. The Morgan fingerprint density at radius 2 is 2.10 bits per heavy atom. The number of morpholine rings is 1. The standard InChI is InChI=1S/C15H23N3O3/c1-15(2,3)17-14(19)21-13-5-4-12(16-10-13)11-18-6-8-20-9-7-18/h4-5,10H,6-9,11H2,1-3H3,(H,17,19). The number of hydrogen-bond donors (Lipinski definition) is 1. The van der Waals surface area contributed by atoms with E-state index in [1.807, 2.05) is 26.8 Å². The largest absolute Gasteiger partial charge is 0.413 e. The molecule has 21 heavy (non-hydrogen) atoms. The molecular weight excluding hydrogens is 270 g/mol. The summed E-state index contributed by atoms with van der Waals surface area (Å²) in [6, 6.07) is 3.65. The van der Waals surface area contributed by atoms with E-state index in [4.69, 9.17) is 9.47 Å². The molecule has 0 aromatic carbocycles. The van der Waals surface area contributed by atoms with E-state index in [1.165, 1.54) is 0 Å². The molecule has 6 heteroatoms. The lowest BCUT2D eigenvalue weighted by atomic mass is 10.1. The SMILES string of the molecule is CC(C)(C)NC(=O)Oc1ccc(CN2CCOCC2)nc1. The molecule has 1 saturated heterocycles. The van der Waals surface area contributed by atoms with Crippen LogP contribution in [0.1, 0.15) is 26.5 Å². The minimum Gasteiger partial charge on any atom is -0.409 e. The van der Waals surface area contributed by atoms with E-state index in [0.717, 1.165) is 38.5 Å². The molecular formula is C15H23N3O3. The number of carbonyl (C=O) groups excluding carboxylic acids is 1. The van der Waals surface area contributed by atoms with Crippen molar-refractivity contribution < 1.29 is 14.3 Å². The van der Waals surface area contributed by atoms with Crippen LogP contribution in [-0.2, 0) is 11.3 Å². The average Bonchev–Trinajstić information content (AvgIpc) is 2.40. The van der Waals surface area contributed by atoms with Gasteiger partial charge in [0.25, 0.3) is 0 Å². The van der Waals surface area contributed by atoms with Gasteiger partial charge < -0.3 is 14.8 Å². The van der Waals surface area contributed by atoms with Crippen LogP contribution in [0.5, 0.6) is 5.75 Å². The van der Waals surface area contributed by atoms with Crippen LogP contribution in [0.15, 0.2) is 18.3 Å². The zero-order chi connectivity index (χ0) is 15.3. The summed E-state index contributed by atoms with van der Waals surface area (Å²) in [5, 5.41) is 2.74. The smallest absolute Gasteiger partial charge is 0.409 e. The number of aromatic nitrogens is 1. The Kier molecular flexibility index (Phi) is 5.14. The molecule has 0 bridgehead atoms. The molecule has 0 atom stereocenters. The van der Waals surface area contributed by atoms with E-state index in [1.54, 1.807) is 12.3 Å². The van der Waals surface area contributed by atoms with Crippen LogP contribution in [0.4, 0.5) is 4.79 Å². The molecule has 1 amide bonds. The van der Waals surface area contributed by atoms with E-state index < -0.39 is 6.09 Å². The minimum absolute atomic E-state index is 0.319. The Hall–Kier alpha value is -1.66. The number of nitrogens with one attached hydrogen (secondary N) is 1. The first kappa shape index (κ1) is 15.7. The Balaban J connectivity index is 1.85. The molecule has 6 nitrogen and oxygen atoms in total. The van der Waals surface area contributed by atoms with Gasteiger partial charge in [-0.25, -0.2) is 4.79 Å². The van der Waals surface area contributed by atoms with E-state index in [2.05, 4.69) is 15.2 Å². The fourth-order valence-corrected chi connectivity index (χ4v) is 1.99. The molecule has 0 spiro atoms. The van der Waals surface area contributed by atoms with Crippen molar-refractivity contribution in [2.45, 2.75) is 32.9 Å². The highest BCUT2D eigenvalue weighted by Gasteiger charge is 2.15. The average molecular weight is 293 g/mol. The molecule has 1 aliphatic heterocycles. The fourth-order valence-electron chi connectivity index (χ4n) is 1.99. The first-order chi connectivity index (χ1) is 9.92. The van der Waals surface area contributed by atoms with Crippen LogP contribution in [0.2, 0.25) is 0 Å². The first-order valence-electron chi connectivity index (χ1n) is 7.17. The second-order valence-corrected chi connectivity index (χ2v) is 6.14. The van der Waals surface area contributed by atoms with Gasteiger partial charge in [0.05, 0.1) is 25.1 Å². The van der Waals surface area contributed by atoms with E-state index >= 15 is 0 Å². The second-order valence-electron chi connectivity index (χ2n) is 6.14. The number of carbonyl (C=O) groups is 1. The van der Waals surface area contributed by atoms with E-state index in [9.17, 15) is 4.79 Å². The monoisotopic (exact) mass is 293 g/mol. The third-order valence-corrected chi connectivity index (χ3v) is 2.97. The van der Waals surface area contributed by atoms with Gasteiger partial charge in [-0.1, -0.05) is 0 Å². The van der Waals surface area contributed by atoms with Crippen molar-refractivity contribution in [1.82, 2.24) is 15.2 Å². The van der Waals surface area contributed by atoms with Crippen LogP contribution >= 0.6 is 0 Å². The maximum absolute atomic E-state index is 11.6. The number of pyridine rings is 1. The van der Waals surface area contributed by atoms with Gasteiger partial charge >= 0.3 is 6.09 Å². The maximum atomic E-state index is 11.6. The van der Waals surface area contributed by atoms with Gasteiger partial charge in [-0.15, -0.1) is 0 Å². The minimum atomic E-state index is -0.467. The number of rotatable bonds is 3. The zero-order valence-corrected chi connectivity index (χ0v) is 12.9. The maximum Gasteiger partial charge on any atom is 0.413 e. The Morgan fingerprint density at radius 1 is 1.38 bits per heavy atom. The zero-order valence-electron chi connectivity index (χ0n) is 12.9. The van der Waals surface area contributed by atoms with Gasteiger partial charge in [-0.05, 0) is 32.9 Å². The molecule has 0 unspecified atom stereocenters. The molecule has 0 aliphatic carbocycles. The summed E-state index contributed by atoms with van der Waals surface area (Å²) in [6.07, 6.45) is 1.11. The number of nitrogens with zero attached hydrogens (tertiary/aromatic N) is 2. The Labute approximate surface area is 125 Å². The van der Waals surface area contributed by atoms with Crippen LogP contribution in [0.3, 0.4) is 0 Å².